The molecule has 1 aliphatic heterocycles. The molecule has 84 valence electrons. The van der Waals surface area contributed by atoms with E-state index in [2.05, 4.69) is 47.5 Å². The fourth-order valence-corrected chi connectivity index (χ4v) is 2.59. The van der Waals surface area contributed by atoms with E-state index in [4.69, 9.17) is 5.73 Å². The fourth-order valence-electron chi connectivity index (χ4n) is 1.91. The molecule has 2 N–H and O–H groups in total. The highest BCUT2D eigenvalue weighted by Gasteiger charge is 2.08. The number of benzene rings is 2. The summed E-state index contributed by atoms with van der Waals surface area (Å²) in [5.74, 6) is 0.897. The number of nitrogens with zero attached hydrogens (tertiary/aromatic N) is 1. The lowest BCUT2D eigenvalue weighted by atomic mass is 10.0. The molecule has 0 fully saturated rings. The van der Waals surface area contributed by atoms with E-state index in [-0.39, 0.29) is 0 Å². The van der Waals surface area contributed by atoms with E-state index < -0.39 is 0 Å². The van der Waals surface area contributed by atoms with Crippen LogP contribution < -0.4 is 5.73 Å². The highest BCUT2D eigenvalue weighted by molar-refractivity contribution is 8.14. The van der Waals surface area contributed by atoms with E-state index in [0.29, 0.717) is 5.17 Å². The molecule has 1 aliphatic rings. The minimum atomic E-state index is 0.648. The van der Waals surface area contributed by atoms with Gasteiger partial charge >= 0.3 is 0 Å². The van der Waals surface area contributed by atoms with Gasteiger partial charge in [-0.1, -0.05) is 48.2 Å². The van der Waals surface area contributed by atoms with Gasteiger partial charge in [0.1, 0.15) is 0 Å². The van der Waals surface area contributed by atoms with Crippen molar-refractivity contribution in [2.75, 3.05) is 5.75 Å². The van der Waals surface area contributed by atoms with E-state index in [1.165, 1.54) is 21.9 Å². The van der Waals surface area contributed by atoms with Crippen LogP contribution in [0.1, 0.15) is 5.56 Å². The lowest BCUT2D eigenvalue weighted by Crippen LogP contribution is -2.10. The summed E-state index contributed by atoms with van der Waals surface area (Å²) in [6.45, 7) is 0. The van der Waals surface area contributed by atoms with Crippen molar-refractivity contribution >= 4 is 33.3 Å². The smallest absolute Gasteiger partial charge is 0.158 e. The molecule has 0 atom stereocenters. The number of aliphatic imine (C=N–C) groups is 1. The van der Waals surface area contributed by atoms with Crippen LogP contribution in [0.3, 0.4) is 0 Å². The zero-order valence-electron chi connectivity index (χ0n) is 9.26. The molecule has 0 radical (unpaired) electrons. The highest BCUT2D eigenvalue weighted by atomic mass is 32.2. The Morgan fingerprint density at radius 2 is 1.88 bits per heavy atom. The number of nitrogens with two attached hydrogens (primary N) is 1. The van der Waals surface area contributed by atoms with Crippen LogP contribution in [0.5, 0.6) is 0 Å². The average Bonchev–Trinajstić information content (AvgIpc) is 2.39. The van der Waals surface area contributed by atoms with Crippen molar-refractivity contribution in [3.05, 3.63) is 54.2 Å². The molecule has 0 spiro atoms. The summed E-state index contributed by atoms with van der Waals surface area (Å²) in [5, 5.41) is 3.18. The second-order valence-electron chi connectivity index (χ2n) is 3.97. The first-order chi connectivity index (χ1) is 8.33. The first-order valence-corrected chi connectivity index (χ1v) is 6.46. The molecule has 0 amide bonds. The van der Waals surface area contributed by atoms with Crippen LogP contribution in [0.25, 0.3) is 16.3 Å². The molecular weight excluding hydrogens is 228 g/mol. The summed E-state index contributed by atoms with van der Waals surface area (Å²) in [6, 6.07) is 14.9. The second kappa shape index (κ2) is 4.26. The summed E-state index contributed by atoms with van der Waals surface area (Å²) in [4.78, 5) is 4.16. The van der Waals surface area contributed by atoms with E-state index in [1.54, 1.807) is 11.8 Å². The molecule has 3 heteroatoms. The molecule has 2 aromatic rings. The Hall–Kier alpha value is -1.74. The number of rotatable bonds is 1. The van der Waals surface area contributed by atoms with Gasteiger partial charge in [-0.15, -0.1) is 0 Å². The summed E-state index contributed by atoms with van der Waals surface area (Å²) in [6.07, 6.45) is 1.87. The summed E-state index contributed by atoms with van der Waals surface area (Å²) in [7, 11) is 0. The van der Waals surface area contributed by atoms with Crippen molar-refractivity contribution in [3.8, 4) is 0 Å². The van der Waals surface area contributed by atoms with Gasteiger partial charge in [0.15, 0.2) is 5.17 Å². The number of hydrogen-bond donors (Lipinski definition) is 1. The normalized spacial score (nSPS) is 15.5. The molecule has 2 nitrogen and oxygen atoms in total. The van der Waals surface area contributed by atoms with E-state index in [9.17, 15) is 0 Å². The van der Waals surface area contributed by atoms with Gasteiger partial charge in [0.2, 0.25) is 0 Å². The zero-order valence-corrected chi connectivity index (χ0v) is 10.1. The predicted octanol–water partition coefficient (Wildman–Crippen LogP) is 3.24. The molecule has 0 aromatic heterocycles. The Balaban J connectivity index is 2.07. The second-order valence-corrected chi connectivity index (χ2v) is 4.97. The molecule has 0 unspecified atom stereocenters. The van der Waals surface area contributed by atoms with E-state index >= 15 is 0 Å². The third-order valence-electron chi connectivity index (χ3n) is 2.84. The topological polar surface area (TPSA) is 38.4 Å². The number of amidine groups is 1. The molecular formula is C14H12N2S. The molecule has 1 heterocycles. The highest BCUT2D eigenvalue weighted by Crippen LogP contribution is 2.26. The van der Waals surface area contributed by atoms with Gasteiger partial charge in [-0.2, -0.15) is 0 Å². The largest absolute Gasteiger partial charge is 0.378 e. The van der Waals surface area contributed by atoms with Gasteiger partial charge in [0, 0.05) is 12.0 Å². The molecule has 0 bridgehead atoms. The van der Waals surface area contributed by atoms with Crippen LogP contribution in [0.4, 0.5) is 0 Å². The van der Waals surface area contributed by atoms with Crippen LogP contribution in [0.15, 0.2) is 53.7 Å². The molecule has 17 heavy (non-hydrogen) atoms. The molecule has 0 saturated heterocycles. The van der Waals surface area contributed by atoms with Crippen molar-refractivity contribution in [1.82, 2.24) is 0 Å². The summed E-state index contributed by atoms with van der Waals surface area (Å²) in [5.41, 5.74) is 8.09. The minimum Gasteiger partial charge on any atom is -0.378 e. The van der Waals surface area contributed by atoms with Crippen LogP contribution in [0, 0.1) is 0 Å². The van der Waals surface area contributed by atoms with Gasteiger partial charge in [0.05, 0.1) is 0 Å². The monoisotopic (exact) mass is 240 g/mol. The minimum absolute atomic E-state index is 0.648. The van der Waals surface area contributed by atoms with Gasteiger partial charge in [-0.3, -0.25) is 0 Å². The lowest BCUT2D eigenvalue weighted by molar-refractivity contribution is 1.48. The van der Waals surface area contributed by atoms with Crippen molar-refractivity contribution in [3.63, 3.8) is 0 Å². The van der Waals surface area contributed by atoms with Crippen molar-refractivity contribution in [2.24, 2.45) is 10.7 Å². The quantitative estimate of drug-likeness (QED) is 0.831. The maximum Gasteiger partial charge on any atom is 0.158 e. The Kier molecular flexibility index (Phi) is 2.61. The van der Waals surface area contributed by atoms with Gasteiger partial charge < -0.3 is 5.73 Å². The van der Waals surface area contributed by atoms with Crippen LogP contribution in [0.2, 0.25) is 0 Å². The first kappa shape index (κ1) is 10.4. The van der Waals surface area contributed by atoms with Gasteiger partial charge in [-0.05, 0) is 28.0 Å². The predicted molar refractivity (Wildman–Crippen MR) is 76.0 cm³/mol. The first-order valence-electron chi connectivity index (χ1n) is 5.47. The van der Waals surface area contributed by atoms with E-state index in [0.717, 1.165) is 5.75 Å². The van der Waals surface area contributed by atoms with Crippen molar-refractivity contribution in [1.29, 1.82) is 0 Å². The third-order valence-corrected chi connectivity index (χ3v) is 3.70. The van der Waals surface area contributed by atoms with Crippen molar-refractivity contribution in [2.45, 2.75) is 0 Å². The number of hydrogen-bond acceptors (Lipinski definition) is 3. The van der Waals surface area contributed by atoms with Crippen LogP contribution in [-0.4, -0.2) is 10.9 Å². The van der Waals surface area contributed by atoms with Gasteiger partial charge in [-0.25, -0.2) is 4.99 Å². The van der Waals surface area contributed by atoms with Gasteiger partial charge in [0.25, 0.3) is 0 Å². The van der Waals surface area contributed by atoms with Crippen molar-refractivity contribution < 1.29 is 0 Å². The molecule has 2 aromatic carbocycles. The third kappa shape index (κ3) is 2.06. The Labute approximate surface area is 104 Å². The lowest BCUT2D eigenvalue weighted by Gasteiger charge is -2.11. The molecule has 3 rings (SSSR count). The standard InChI is InChI=1S/C14H12N2S/c15-14-16-8-13(9-17-14)12-6-5-10-3-1-2-4-11(10)7-12/h1-8H,9H2,(H2,15,16). The Morgan fingerprint density at radius 3 is 2.65 bits per heavy atom. The zero-order chi connectivity index (χ0) is 11.7. The van der Waals surface area contributed by atoms with E-state index in [1.807, 2.05) is 6.20 Å². The molecule has 0 saturated carbocycles. The SMILES string of the molecule is NC1=NC=C(c2ccc3ccccc3c2)CS1. The summed E-state index contributed by atoms with van der Waals surface area (Å²) < 4.78 is 0. The van der Waals surface area contributed by atoms with Crippen LogP contribution >= 0.6 is 11.8 Å². The number of fused-ring (bicyclic) bond motifs is 1. The number of thioether (sulfide) groups is 1. The van der Waals surface area contributed by atoms with Crippen LogP contribution in [-0.2, 0) is 0 Å². The fraction of sp³-hybridized carbons (Fsp3) is 0.0714. The maximum atomic E-state index is 5.63. The average molecular weight is 240 g/mol. The Morgan fingerprint density at radius 1 is 1.06 bits per heavy atom. The summed E-state index contributed by atoms with van der Waals surface area (Å²) >= 11 is 1.59. The maximum absolute atomic E-state index is 5.63. The Bertz CT molecular complexity index is 629. The molecule has 0 aliphatic carbocycles.